The molecule has 0 aromatic heterocycles. The molecule has 4 atom stereocenters. The Labute approximate surface area is 175 Å². The lowest BCUT2D eigenvalue weighted by atomic mass is 9.92. The van der Waals surface area contributed by atoms with E-state index in [1.165, 1.54) is 26.4 Å². The van der Waals surface area contributed by atoms with Crippen molar-refractivity contribution in [3.8, 4) is 11.5 Å². The van der Waals surface area contributed by atoms with Crippen molar-refractivity contribution in [2.75, 3.05) is 14.2 Å². The smallest absolute Gasteiger partial charge is 0.125 e. The molecule has 0 aliphatic heterocycles. The molecule has 3 aromatic rings. The number of ether oxygens (including phenoxy) is 2. The zero-order chi connectivity index (χ0) is 21.7. The van der Waals surface area contributed by atoms with Crippen LogP contribution in [-0.2, 0) is 0 Å². The number of hydrogen-bond donors (Lipinski definition) is 4. The summed E-state index contributed by atoms with van der Waals surface area (Å²) in [5.41, 5.74) is 1.70. The van der Waals surface area contributed by atoms with Gasteiger partial charge in [0, 0.05) is 11.1 Å². The maximum absolute atomic E-state index is 10.8. The molecular weight excluding hydrogens is 384 g/mol. The minimum absolute atomic E-state index is 0.257. The van der Waals surface area contributed by atoms with E-state index in [4.69, 9.17) is 9.47 Å². The maximum atomic E-state index is 10.8. The molecule has 0 fully saturated rings. The van der Waals surface area contributed by atoms with E-state index in [2.05, 4.69) is 0 Å². The van der Waals surface area contributed by atoms with Crippen LogP contribution in [-0.4, -0.2) is 34.6 Å². The molecule has 0 spiro atoms. The Hall–Kier alpha value is -2.90. The van der Waals surface area contributed by atoms with Crippen molar-refractivity contribution in [1.29, 1.82) is 0 Å². The van der Waals surface area contributed by atoms with Crippen molar-refractivity contribution in [3.05, 3.63) is 95.1 Å². The lowest BCUT2D eigenvalue weighted by Crippen LogP contribution is -2.15. The van der Waals surface area contributed by atoms with Gasteiger partial charge in [-0.15, -0.1) is 0 Å². The standard InChI is InChI=1S/C24H26O6/c1-29-19-13-18(24(28)22(26)16-11-7-4-8-12-16)20(30-2)14-17(19)23(27)21(25)15-9-5-3-6-10-15/h3-14,21-28H,1-2H3. The second kappa shape index (κ2) is 9.73. The van der Waals surface area contributed by atoms with E-state index in [0.717, 1.165) is 0 Å². The van der Waals surface area contributed by atoms with E-state index >= 15 is 0 Å². The van der Waals surface area contributed by atoms with Crippen molar-refractivity contribution >= 4 is 0 Å². The van der Waals surface area contributed by atoms with Crippen LogP contribution in [0.15, 0.2) is 72.8 Å². The first kappa shape index (κ1) is 21.8. The minimum Gasteiger partial charge on any atom is -0.496 e. The van der Waals surface area contributed by atoms with Gasteiger partial charge >= 0.3 is 0 Å². The van der Waals surface area contributed by atoms with Crippen LogP contribution in [0.4, 0.5) is 0 Å². The van der Waals surface area contributed by atoms with Gasteiger partial charge < -0.3 is 29.9 Å². The maximum Gasteiger partial charge on any atom is 0.125 e. The molecule has 0 aliphatic carbocycles. The lowest BCUT2D eigenvalue weighted by molar-refractivity contribution is 0.0129. The van der Waals surface area contributed by atoms with E-state index in [-0.39, 0.29) is 11.5 Å². The van der Waals surface area contributed by atoms with Crippen LogP contribution in [0.25, 0.3) is 0 Å². The Bertz CT molecular complexity index is 865. The number of rotatable bonds is 8. The molecule has 4 unspecified atom stereocenters. The van der Waals surface area contributed by atoms with Gasteiger partial charge in [-0.3, -0.25) is 0 Å². The molecule has 0 amide bonds. The molecule has 0 bridgehead atoms. The molecule has 30 heavy (non-hydrogen) atoms. The number of aliphatic hydroxyl groups excluding tert-OH is 4. The summed E-state index contributed by atoms with van der Waals surface area (Å²) >= 11 is 0. The molecule has 4 N–H and O–H groups in total. The third kappa shape index (κ3) is 4.47. The van der Waals surface area contributed by atoms with Gasteiger partial charge in [-0.25, -0.2) is 0 Å². The van der Waals surface area contributed by atoms with Crippen molar-refractivity contribution in [3.63, 3.8) is 0 Å². The van der Waals surface area contributed by atoms with E-state index in [9.17, 15) is 20.4 Å². The van der Waals surface area contributed by atoms with Crippen LogP contribution >= 0.6 is 0 Å². The van der Waals surface area contributed by atoms with Crippen molar-refractivity contribution < 1.29 is 29.9 Å². The first-order valence-electron chi connectivity index (χ1n) is 9.55. The van der Waals surface area contributed by atoms with Gasteiger partial charge in [0.1, 0.15) is 35.9 Å². The molecule has 158 valence electrons. The normalized spacial score (nSPS) is 15.1. The highest BCUT2D eigenvalue weighted by molar-refractivity contribution is 5.49. The molecule has 0 saturated carbocycles. The fourth-order valence-electron chi connectivity index (χ4n) is 3.41. The number of benzene rings is 3. The van der Waals surface area contributed by atoms with E-state index < -0.39 is 24.4 Å². The Morgan fingerprint density at radius 1 is 0.533 bits per heavy atom. The Balaban J connectivity index is 1.98. The molecular formula is C24H26O6. The third-order valence-corrected chi connectivity index (χ3v) is 5.10. The Kier molecular flexibility index (Phi) is 7.07. The first-order valence-corrected chi connectivity index (χ1v) is 9.55. The molecule has 6 heteroatoms. The highest BCUT2D eigenvalue weighted by Crippen LogP contribution is 2.42. The van der Waals surface area contributed by atoms with E-state index in [0.29, 0.717) is 22.3 Å². The topological polar surface area (TPSA) is 99.4 Å². The molecule has 6 nitrogen and oxygen atoms in total. The lowest BCUT2D eigenvalue weighted by Gasteiger charge is -2.25. The highest BCUT2D eigenvalue weighted by atomic mass is 16.5. The van der Waals surface area contributed by atoms with Crippen molar-refractivity contribution in [2.45, 2.75) is 24.4 Å². The largest absolute Gasteiger partial charge is 0.496 e. The average molecular weight is 410 g/mol. The molecule has 0 heterocycles. The van der Waals surface area contributed by atoms with Crippen LogP contribution in [0.2, 0.25) is 0 Å². The van der Waals surface area contributed by atoms with Crippen LogP contribution in [0.3, 0.4) is 0 Å². The second-order valence-electron chi connectivity index (χ2n) is 6.94. The molecule has 0 aliphatic rings. The second-order valence-corrected chi connectivity index (χ2v) is 6.94. The van der Waals surface area contributed by atoms with Crippen LogP contribution < -0.4 is 9.47 Å². The molecule has 0 saturated heterocycles. The van der Waals surface area contributed by atoms with Gasteiger partial charge in [0.25, 0.3) is 0 Å². The van der Waals surface area contributed by atoms with Gasteiger partial charge in [0.15, 0.2) is 0 Å². The summed E-state index contributed by atoms with van der Waals surface area (Å²) in [6, 6.07) is 20.6. The van der Waals surface area contributed by atoms with Crippen molar-refractivity contribution in [1.82, 2.24) is 0 Å². The number of methoxy groups -OCH3 is 2. The van der Waals surface area contributed by atoms with Gasteiger partial charge in [-0.05, 0) is 23.3 Å². The van der Waals surface area contributed by atoms with Crippen LogP contribution in [0, 0.1) is 0 Å². The summed E-state index contributed by atoms with van der Waals surface area (Å²) in [6.07, 6.45) is -4.95. The fraction of sp³-hybridized carbons (Fsp3) is 0.250. The third-order valence-electron chi connectivity index (χ3n) is 5.10. The summed E-state index contributed by atoms with van der Waals surface area (Å²) < 4.78 is 10.8. The van der Waals surface area contributed by atoms with E-state index in [1.807, 2.05) is 12.1 Å². The summed E-state index contributed by atoms with van der Waals surface area (Å²) in [5.74, 6) is 0.514. The minimum atomic E-state index is -1.29. The van der Waals surface area contributed by atoms with Gasteiger partial charge in [-0.1, -0.05) is 60.7 Å². The van der Waals surface area contributed by atoms with Gasteiger partial charge in [0.05, 0.1) is 14.2 Å². The molecule has 3 rings (SSSR count). The predicted octanol–water partition coefficient (Wildman–Crippen LogP) is 3.24. The highest BCUT2D eigenvalue weighted by Gasteiger charge is 2.29. The summed E-state index contributed by atoms with van der Waals surface area (Å²) in [7, 11) is 2.85. The monoisotopic (exact) mass is 410 g/mol. The first-order chi connectivity index (χ1) is 14.5. The van der Waals surface area contributed by atoms with Crippen LogP contribution in [0.5, 0.6) is 11.5 Å². The SMILES string of the molecule is COc1cc(C(O)C(O)c2ccccc2)c(OC)cc1C(O)C(O)c1ccccc1. The summed E-state index contributed by atoms with van der Waals surface area (Å²) in [5, 5.41) is 42.8. The van der Waals surface area contributed by atoms with Crippen LogP contribution in [0.1, 0.15) is 46.7 Å². The van der Waals surface area contributed by atoms with Gasteiger partial charge in [0.2, 0.25) is 0 Å². The zero-order valence-electron chi connectivity index (χ0n) is 16.8. The van der Waals surface area contributed by atoms with E-state index in [1.54, 1.807) is 48.5 Å². The predicted molar refractivity (Wildman–Crippen MR) is 112 cm³/mol. The summed E-state index contributed by atoms with van der Waals surface area (Å²) in [4.78, 5) is 0. The Morgan fingerprint density at radius 3 is 1.17 bits per heavy atom. The van der Waals surface area contributed by atoms with Crippen molar-refractivity contribution in [2.24, 2.45) is 0 Å². The summed E-state index contributed by atoms with van der Waals surface area (Å²) in [6.45, 7) is 0. The Morgan fingerprint density at radius 2 is 0.867 bits per heavy atom. The number of aliphatic hydroxyl groups is 4. The number of hydrogen-bond acceptors (Lipinski definition) is 6. The average Bonchev–Trinajstić information content (AvgIpc) is 2.82. The zero-order valence-corrected chi connectivity index (χ0v) is 16.8. The quantitative estimate of drug-likeness (QED) is 0.455. The fourth-order valence-corrected chi connectivity index (χ4v) is 3.41. The van der Waals surface area contributed by atoms with Gasteiger partial charge in [-0.2, -0.15) is 0 Å². The molecule has 0 radical (unpaired) electrons. The molecule has 3 aromatic carbocycles.